The van der Waals surface area contributed by atoms with Gasteiger partial charge in [0.15, 0.2) is 0 Å². The Morgan fingerprint density at radius 3 is 1.03 bits per heavy atom. The largest absolute Gasteiger partial charge is 0.508 e. The third-order valence-corrected chi connectivity index (χ3v) is 17.3. The first-order valence-electron chi connectivity index (χ1n) is 28.7. The van der Waals surface area contributed by atoms with Crippen molar-refractivity contribution in [3.63, 3.8) is 0 Å². The molecule has 1 N–H and O–H groups in total. The van der Waals surface area contributed by atoms with E-state index in [2.05, 4.69) is 117 Å². The highest BCUT2D eigenvalue weighted by Gasteiger charge is 2.40. The number of hydrogen-bond acceptors (Lipinski definition) is 9. The fraction of sp³-hybridized carbons (Fsp3) is 0. The van der Waals surface area contributed by atoms with E-state index in [9.17, 15) is 8.78 Å². The lowest BCUT2D eigenvalue weighted by Crippen LogP contribution is -2.57. The maximum Gasteiger partial charge on any atom is 0.260 e. The minimum Gasteiger partial charge on any atom is -0.508 e. The minimum absolute atomic E-state index is 0.104. The molecule has 0 fully saturated rings. The summed E-state index contributed by atoms with van der Waals surface area (Å²) >= 11 is 14.1. The normalized spacial score (nSPS) is 10.9. The maximum absolute atomic E-state index is 12.5. The molecule has 0 aliphatic carbocycles. The molecule has 13 aromatic rings. The Balaban J connectivity index is 0.000000127. The number of pyridine rings is 2. The van der Waals surface area contributed by atoms with Gasteiger partial charge in [-0.25, -0.2) is 8.78 Å². The first kappa shape index (κ1) is 65.6. The van der Waals surface area contributed by atoms with Crippen molar-refractivity contribution in [2.45, 2.75) is 0 Å². The highest BCUT2D eigenvalue weighted by atomic mass is 127. The molecule has 0 saturated heterocycles. The van der Waals surface area contributed by atoms with Crippen LogP contribution in [0.5, 0.6) is 74.7 Å². The van der Waals surface area contributed by atoms with Crippen LogP contribution in [0, 0.1) is 18.8 Å². The summed E-state index contributed by atoms with van der Waals surface area (Å²) < 4.78 is 64.8. The molecule has 0 amide bonds. The quantitative estimate of drug-likeness (QED) is 0.0621. The number of nitrogens with zero attached hydrogens (tertiary/aromatic N) is 2. The second kappa shape index (κ2) is 32.1. The molecule has 4 heterocycles. The molecule has 17 heteroatoms. The average molecular weight is 1650 g/mol. The summed E-state index contributed by atoms with van der Waals surface area (Å²) in [4.78, 5) is 8.94. The number of benzene rings is 11. The van der Waals surface area contributed by atoms with E-state index >= 15 is 0 Å². The molecule has 15 rings (SSSR count). The monoisotopic (exact) mass is 1640 g/mol. The van der Waals surface area contributed by atoms with E-state index in [1.54, 1.807) is 36.7 Å². The SMILES string of the molecule is Brc1c(Oc2ccccc2)cc(-c2ccccn2)cc1Oc1ccccc1.Brc1c(Oc2ccccc2)cc(I)cc1Oc1ccccc1.Fc1cc(I)cc(F)c1Br.Oc1ccccc1.c1ccc(-c2cc3c4c(c2)Oc2ccccc2B4c2ccccc2O3)nc1. The van der Waals surface area contributed by atoms with Crippen LogP contribution in [0.2, 0.25) is 0 Å². The van der Waals surface area contributed by atoms with Crippen LogP contribution in [-0.4, -0.2) is 21.8 Å². The van der Waals surface area contributed by atoms with Crippen LogP contribution >= 0.6 is 93.0 Å². The van der Waals surface area contributed by atoms with Crippen molar-refractivity contribution >= 4 is 116 Å². The van der Waals surface area contributed by atoms with Crippen LogP contribution in [-0.2, 0) is 0 Å². The van der Waals surface area contributed by atoms with Crippen LogP contribution in [0.1, 0.15) is 0 Å². The van der Waals surface area contributed by atoms with Gasteiger partial charge in [0.1, 0.15) is 95.3 Å². The molecule has 93 heavy (non-hydrogen) atoms. The predicted octanol–water partition coefficient (Wildman–Crippen LogP) is 21.9. The van der Waals surface area contributed by atoms with E-state index in [-0.39, 0.29) is 11.2 Å². The van der Waals surface area contributed by atoms with Crippen molar-refractivity contribution in [2.75, 3.05) is 0 Å². The summed E-state index contributed by atoms with van der Waals surface area (Å²) in [5, 5.41) is 8.63. The average Bonchev–Trinajstić information content (AvgIpc) is 0.826. The summed E-state index contributed by atoms with van der Waals surface area (Å²) in [6.45, 7) is 0.114. The lowest BCUT2D eigenvalue weighted by atomic mass is 9.35. The molecule has 2 aromatic heterocycles. The standard InChI is InChI=1S/C23H14BNO2.C23H16BrNO2.C18H12BrIO2.C6H2BrF2I.C6H6O/c1-3-10-19-16(7-1)24-17-8-2-4-11-20(17)27-22-14-15(13-21(26-19)23(22)24)18-9-5-6-12-25-18;24-23-21(26-18-9-3-1-4-10-18)15-17(20-13-7-8-14-25-20)16-22(23)27-19-11-5-2-6-12-19;19-18-16(21-14-7-3-1-4-8-14)11-13(20)12-17(18)22-15-9-5-2-6-10-15;7-6-4(8)1-3(10)2-5(6)9;7-6-4-2-1-3-5-6/h1-14H;1-16H;1-12H;1-2H;1-5,7H. The zero-order valence-electron chi connectivity index (χ0n) is 48.8. The second-order valence-corrected chi connectivity index (χ2v) is 25.1. The minimum atomic E-state index is -0.565. The van der Waals surface area contributed by atoms with Crippen LogP contribution in [0.15, 0.2) is 311 Å². The van der Waals surface area contributed by atoms with Crippen molar-refractivity contribution in [2.24, 2.45) is 0 Å². The van der Waals surface area contributed by atoms with E-state index in [1.165, 1.54) is 23.1 Å². The van der Waals surface area contributed by atoms with Gasteiger partial charge in [0, 0.05) is 36.1 Å². The van der Waals surface area contributed by atoms with E-state index in [0.29, 0.717) is 20.8 Å². The van der Waals surface area contributed by atoms with Crippen molar-refractivity contribution in [3.05, 3.63) is 330 Å². The molecule has 9 nitrogen and oxygen atoms in total. The highest BCUT2D eigenvalue weighted by Crippen LogP contribution is 2.44. The van der Waals surface area contributed by atoms with Crippen molar-refractivity contribution < 1.29 is 42.3 Å². The Kier molecular flexibility index (Phi) is 22.7. The van der Waals surface area contributed by atoms with Gasteiger partial charge in [-0.1, -0.05) is 140 Å². The molecule has 0 spiro atoms. The van der Waals surface area contributed by atoms with Crippen LogP contribution in [0.25, 0.3) is 22.5 Å². The molecule has 458 valence electrons. The predicted molar refractivity (Wildman–Crippen MR) is 393 cm³/mol. The van der Waals surface area contributed by atoms with Crippen LogP contribution in [0.3, 0.4) is 0 Å². The Morgan fingerprint density at radius 2 is 0.677 bits per heavy atom. The van der Waals surface area contributed by atoms with Crippen molar-refractivity contribution in [1.82, 2.24) is 9.97 Å². The third-order valence-electron chi connectivity index (χ3n) is 13.8. The number of phenols is 1. The summed E-state index contributed by atoms with van der Waals surface area (Å²) in [6, 6.07) is 90.1. The molecule has 2 aliphatic rings. The Bertz CT molecular complexity index is 4370. The fourth-order valence-corrected chi connectivity index (χ4v) is 11.7. The topological polar surface area (TPSA) is 101 Å². The maximum atomic E-state index is 12.5. The fourth-order valence-electron chi connectivity index (χ4n) is 9.58. The zero-order valence-corrected chi connectivity index (χ0v) is 57.9. The molecular weight excluding hydrogens is 1600 g/mol. The summed E-state index contributed by atoms with van der Waals surface area (Å²) in [5.41, 5.74) is 7.09. The van der Waals surface area contributed by atoms with Crippen molar-refractivity contribution in [1.29, 1.82) is 0 Å². The van der Waals surface area contributed by atoms with Gasteiger partial charge in [-0.15, -0.1) is 0 Å². The van der Waals surface area contributed by atoms with Gasteiger partial charge in [-0.05, 0) is 249 Å². The lowest BCUT2D eigenvalue weighted by Gasteiger charge is -2.33. The van der Waals surface area contributed by atoms with Crippen LogP contribution in [0.4, 0.5) is 8.78 Å². The van der Waals surface area contributed by atoms with Crippen molar-refractivity contribution in [3.8, 4) is 97.3 Å². The second-order valence-electron chi connectivity index (χ2n) is 20.2. The molecule has 0 atom stereocenters. The third kappa shape index (κ3) is 17.4. The van der Waals surface area contributed by atoms with Gasteiger partial charge in [0.25, 0.3) is 6.71 Å². The van der Waals surface area contributed by atoms with E-state index in [1.807, 2.05) is 235 Å². The molecule has 11 aromatic carbocycles. The number of hydrogen-bond donors (Lipinski definition) is 1. The van der Waals surface area contributed by atoms with E-state index < -0.39 is 11.6 Å². The van der Waals surface area contributed by atoms with Gasteiger partial charge >= 0.3 is 0 Å². The van der Waals surface area contributed by atoms with Gasteiger partial charge in [0.2, 0.25) is 0 Å². The smallest absolute Gasteiger partial charge is 0.260 e. The zero-order chi connectivity index (χ0) is 64.5. The number of fused-ring (bicyclic) bond motifs is 4. The number of aromatic hydroxyl groups is 1. The number of rotatable bonds is 10. The summed E-state index contributed by atoms with van der Waals surface area (Å²) in [6.07, 6.45) is 3.57. The summed E-state index contributed by atoms with van der Waals surface area (Å²) in [5.74, 6) is 8.52. The van der Waals surface area contributed by atoms with Gasteiger partial charge in [-0.3, -0.25) is 9.97 Å². The Morgan fingerprint density at radius 1 is 0.355 bits per heavy atom. The van der Waals surface area contributed by atoms with Gasteiger partial charge < -0.3 is 33.5 Å². The van der Waals surface area contributed by atoms with Gasteiger partial charge in [-0.2, -0.15) is 0 Å². The molecule has 2 aliphatic heterocycles. The van der Waals surface area contributed by atoms with Crippen LogP contribution < -0.4 is 44.8 Å². The Labute approximate surface area is 589 Å². The van der Waals surface area contributed by atoms with E-state index in [0.717, 1.165) is 98.0 Å². The highest BCUT2D eigenvalue weighted by molar-refractivity contribution is 14.1. The first-order valence-corrected chi connectivity index (χ1v) is 33.3. The molecule has 0 bridgehead atoms. The number of halogens is 7. The number of aromatic nitrogens is 2. The summed E-state index contributed by atoms with van der Waals surface area (Å²) in [7, 11) is 0. The number of para-hydroxylation sites is 7. The molecule has 0 saturated carbocycles. The molecule has 0 unspecified atom stereocenters. The number of phenolic OH excluding ortho intramolecular Hbond substituents is 1. The first-order chi connectivity index (χ1) is 45.4. The van der Waals surface area contributed by atoms with Gasteiger partial charge in [0.05, 0.1) is 15.9 Å². The molecular formula is C76H50BBr3F2I2N2O7. The van der Waals surface area contributed by atoms with E-state index in [4.69, 9.17) is 33.5 Å². The lowest BCUT2D eigenvalue weighted by molar-refractivity contribution is 0.454. The number of ether oxygens (including phenoxy) is 6. The molecule has 0 radical (unpaired) electrons. The Hall–Kier alpha value is -8.86.